The van der Waals surface area contributed by atoms with Crippen LogP contribution in [0.5, 0.6) is 5.75 Å². The molecule has 1 atom stereocenters. The molecule has 1 heterocycles. The Morgan fingerprint density at radius 1 is 1.13 bits per heavy atom. The third kappa shape index (κ3) is 6.57. The van der Waals surface area contributed by atoms with Gasteiger partial charge in [-0.2, -0.15) is 13.2 Å². The Morgan fingerprint density at radius 3 is 2.17 bits per heavy atom. The van der Waals surface area contributed by atoms with Gasteiger partial charge in [0.05, 0.1) is 12.5 Å². The third-order valence-electron chi connectivity index (χ3n) is 3.65. The van der Waals surface area contributed by atoms with Crippen molar-refractivity contribution in [3.8, 4) is 5.75 Å². The molecular formula is C16H24ClF3N2O. The van der Waals surface area contributed by atoms with Gasteiger partial charge in [0, 0.05) is 32.2 Å². The van der Waals surface area contributed by atoms with Gasteiger partial charge in [-0.1, -0.05) is 12.1 Å². The molecule has 1 N–H and O–H groups in total. The van der Waals surface area contributed by atoms with Crippen LogP contribution in [0.25, 0.3) is 0 Å². The summed E-state index contributed by atoms with van der Waals surface area (Å²) in [5.74, 6) is 0.685. The Hall–Kier alpha value is -0.980. The fourth-order valence-corrected chi connectivity index (χ4v) is 2.71. The Morgan fingerprint density at radius 2 is 1.70 bits per heavy atom. The Kier molecular flexibility index (Phi) is 7.64. The average Bonchev–Trinajstić information content (AvgIpc) is 2.45. The smallest absolute Gasteiger partial charge is 0.390 e. The van der Waals surface area contributed by atoms with E-state index in [4.69, 9.17) is 4.74 Å². The fourth-order valence-electron chi connectivity index (χ4n) is 2.71. The molecule has 1 aliphatic rings. The highest BCUT2D eigenvalue weighted by Gasteiger charge is 2.35. The van der Waals surface area contributed by atoms with Crippen LogP contribution in [0.4, 0.5) is 13.2 Å². The van der Waals surface area contributed by atoms with Gasteiger partial charge in [0.1, 0.15) is 5.75 Å². The quantitative estimate of drug-likeness (QED) is 0.872. The first-order valence-electron chi connectivity index (χ1n) is 7.63. The minimum absolute atomic E-state index is 0. The molecule has 1 saturated heterocycles. The zero-order chi connectivity index (χ0) is 16.2. The molecule has 1 aromatic rings. The van der Waals surface area contributed by atoms with Crippen LogP contribution >= 0.6 is 12.4 Å². The van der Waals surface area contributed by atoms with Crippen molar-refractivity contribution in [1.29, 1.82) is 0 Å². The van der Waals surface area contributed by atoms with Crippen LogP contribution in [0.3, 0.4) is 0 Å². The minimum Gasteiger partial charge on any atom is -0.491 e. The van der Waals surface area contributed by atoms with Crippen molar-refractivity contribution in [3.63, 3.8) is 0 Å². The van der Waals surface area contributed by atoms with Gasteiger partial charge >= 0.3 is 6.18 Å². The van der Waals surface area contributed by atoms with Crippen LogP contribution in [0.1, 0.15) is 31.9 Å². The second-order valence-corrected chi connectivity index (χ2v) is 5.86. The van der Waals surface area contributed by atoms with Gasteiger partial charge in [-0.15, -0.1) is 12.4 Å². The molecule has 2 rings (SSSR count). The molecule has 0 spiro atoms. The molecular weight excluding hydrogens is 329 g/mol. The molecule has 3 nitrogen and oxygen atoms in total. The third-order valence-corrected chi connectivity index (χ3v) is 3.65. The van der Waals surface area contributed by atoms with E-state index in [1.165, 1.54) is 0 Å². The molecule has 7 heteroatoms. The van der Waals surface area contributed by atoms with Gasteiger partial charge in [0.15, 0.2) is 0 Å². The highest BCUT2D eigenvalue weighted by Crippen LogP contribution is 2.34. The molecule has 132 valence electrons. The molecule has 0 unspecified atom stereocenters. The van der Waals surface area contributed by atoms with E-state index in [-0.39, 0.29) is 18.5 Å². The van der Waals surface area contributed by atoms with Crippen molar-refractivity contribution in [2.75, 3.05) is 26.2 Å². The maximum absolute atomic E-state index is 12.9. The summed E-state index contributed by atoms with van der Waals surface area (Å²) in [6, 6.07) is 6.36. The van der Waals surface area contributed by atoms with Crippen LogP contribution in [-0.4, -0.2) is 43.4 Å². The molecule has 0 aromatic heterocycles. The lowest BCUT2D eigenvalue weighted by atomic mass is 10.0. The molecule has 0 bridgehead atoms. The Labute approximate surface area is 141 Å². The number of alkyl halides is 3. The van der Waals surface area contributed by atoms with Gasteiger partial charge in [0.2, 0.25) is 0 Å². The molecule has 0 saturated carbocycles. The summed E-state index contributed by atoms with van der Waals surface area (Å²) in [4.78, 5) is 1.91. The zero-order valence-corrected chi connectivity index (χ0v) is 14.2. The number of hydrogen-bond donors (Lipinski definition) is 1. The minimum atomic E-state index is -4.18. The van der Waals surface area contributed by atoms with Gasteiger partial charge in [0.25, 0.3) is 0 Å². The van der Waals surface area contributed by atoms with E-state index < -0.39 is 18.6 Å². The van der Waals surface area contributed by atoms with Gasteiger partial charge < -0.3 is 10.1 Å². The number of piperazine rings is 1. The monoisotopic (exact) mass is 352 g/mol. The summed E-state index contributed by atoms with van der Waals surface area (Å²) in [5.41, 5.74) is 0.690. The van der Waals surface area contributed by atoms with Gasteiger partial charge in [-0.05, 0) is 31.5 Å². The second-order valence-electron chi connectivity index (χ2n) is 5.86. The molecule has 0 aliphatic carbocycles. The normalized spacial score (nSPS) is 17.7. The van der Waals surface area contributed by atoms with Crippen LogP contribution in [0.15, 0.2) is 24.3 Å². The first-order chi connectivity index (χ1) is 10.3. The number of rotatable bonds is 5. The van der Waals surface area contributed by atoms with Crippen LogP contribution in [0, 0.1) is 0 Å². The molecule has 0 radical (unpaired) electrons. The SMILES string of the molecule is CC(C)Oc1ccc([C@@H](CC(F)(F)F)N2CCNCC2)cc1.Cl. The van der Waals surface area contributed by atoms with Crippen molar-refractivity contribution in [2.24, 2.45) is 0 Å². The first kappa shape index (κ1) is 20.1. The van der Waals surface area contributed by atoms with E-state index in [9.17, 15) is 13.2 Å². The predicted molar refractivity (Wildman–Crippen MR) is 87.3 cm³/mol. The van der Waals surface area contributed by atoms with E-state index >= 15 is 0 Å². The van der Waals surface area contributed by atoms with E-state index in [1.54, 1.807) is 24.3 Å². The maximum Gasteiger partial charge on any atom is 0.390 e. The van der Waals surface area contributed by atoms with Crippen molar-refractivity contribution in [1.82, 2.24) is 10.2 Å². The molecule has 1 aliphatic heterocycles. The maximum atomic E-state index is 12.9. The lowest BCUT2D eigenvalue weighted by Crippen LogP contribution is -2.46. The predicted octanol–water partition coefficient (Wildman–Crippen LogP) is 3.79. The number of nitrogens with zero attached hydrogens (tertiary/aromatic N) is 1. The van der Waals surface area contributed by atoms with Crippen LogP contribution in [-0.2, 0) is 0 Å². The van der Waals surface area contributed by atoms with Crippen LogP contribution in [0.2, 0.25) is 0 Å². The highest BCUT2D eigenvalue weighted by atomic mass is 35.5. The summed E-state index contributed by atoms with van der Waals surface area (Å²) >= 11 is 0. The van der Waals surface area contributed by atoms with E-state index in [1.807, 2.05) is 18.7 Å². The van der Waals surface area contributed by atoms with Crippen molar-refractivity contribution in [3.05, 3.63) is 29.8 Å². The summed E-state index contributed by atoms with van der Waals surface area (Å²) in [5, 5.41) is 3.17. The fraction of sp³-hybridized carbons (Fsp3) is 0.625. The summed E-state index contributed by atoms with van der Waals surface area (Å²) < 4.78 is 44.3. The van der Waals surface area contributed by atoms with Gasteiger partial charge in [-0.3, -0.25) is 4.90 Å². The zero-order valence-electron chi connectivity index (χ0n) is 13.4. The number of halogens is 4. The standard InChI is InChI=1S/C16H23F3N2O.ClH/c1-12(2)22-14-5-3-13(4-6-14)15(11-16(17,18)19)21-9-7-20-8-10-21;/h3-6,12,15,20H,7-11H2,1-2H3;1H/t15-;/m1./s1. The largest absolute Gasteiger partial charge is 0.491 e. The van der Waals surface area contributed by atoms with Crippen molar-refractivity contribution >= 4 is 12.4 Å². The number of hydrogen-bond acceptors (Lipinski definition) is 3. The van der Waals surface area contributed by atoms with E-state index in [0.717, 1.165) is 13.1 Å². The topological polar surface area (TPSA) is 24.5 Å². The molecule has 1 aromatic carbocycles. The van der Waals surface area contributed by atoms with Crippen molar-refractivity contribution < 1.29 is 17.9 Å². The molecule has 0 amide bonds. The Balaban J connectivity index is 0.00000264. The number of ether oxygens (including phenoxy) is 1. The first-order valence-corrected chi connectivity index (χ1v) is 7.63. The summed E-state index contributed by atoms with van der Waals surface area (Å²) in [7, 11) is 0. The average molecular weight is 353 g/mol. The van der Waals surface area contributed by atoms with Crippen molar-refractivity contribution in [2.45, 2.75) is 38.6 Å². The molecule has 23 heavy (non-hydrogen) atoms. The van der Waals surface area contributed by atoms with E-state index in [2.05, 4.69) is 5.32 Å². The number of nitrogens with one attached hydrogen (secondary N) is 1. The number of benzene rings is 1. The van der Waals surface area contributed by atoms with Gasteiger partial charge in [-0.25, -0.2) is 0 Å². The van der Waals surface area contributed by atoms with Crippen LogP contribution < -0.4 is 10.1 Å². The summed E-state index contributed by atoms with van der Waals surface area (Å²) in [6.45, 7) is 6.55. The Bertz CT molecular complexity index is 459. The second kappa shape index (κ2) is 8.76. The lowest BCUT2D eigenvalue weighted by molar-refractivity contribution is -0.148. The highest BCUT2D eigenvalue weighted by molar-refractivity contribution is 5.85. The summed E-state index contributed by atoms with van der Waals surface area (Å²) in [6.07, 6.45) is -4.95. The lowest BCUT2D eigenvalue weighted by Gasteiger charge is -2.35. The molecule has 1 fully saturated rings. The van der Waals surface area contributed by atoms with E-state index in [0.29, 0.717) is 24.4 Å².